The summed E-state index contributed by atoms with van der Waals surface area (Å²) in [7, 11) is 4.71. The van der Waals surface area contributed by atoms with E-state index in [2.05, 4.69) is 4.98 Å². The molecule has 2 aromatic carbocycles. The number of methoxy groups -OCH3 is 3. The van der Waals surface area contributed by atoms with Gasteiger partial charge in [-0.15, -0.1) is 0 Å². The predicted molar refractivity (Wildman–Crippen MR) is 88.8 cm³/mol. The smallest absolute Gasteiger partial charge is 0.203 e. The molecule has 0 saturated carbocycles. The number of H-pyrrole nitrogens is 1. The Kier molecular flexibility index (Phi) is 3.93. The SMILES string of the molecule is COc1ccc(-c2[nH]c(C=O)c3ccccc23)c(OC)c1OC. The van der Waals surface area contributed by atoms with E-state index in [0.29, 0.717) is 22.9 Å². The van der Waals surface area contributed by atoms with Crippen LogP contribution in [0.5, 0.6) is 17.2 Å². The third kappa shape index (κ3) is 2.30. The summed E-state index contributed by atoms with van der Waals surface area (Å²) in [4.78, 5) is 14.5. The zero-order valence-electron chi connectivity index (χ0n) is 13.2. The number of benzene rings is 2. The van der Waals surface area contributed by atoms with Crippen LogP contribution in [0.3, 0.4) is 0 Å². The number of carbonyl (C=O) groups is 1. The molecule has 1 heterocycles. The fourth-order valence-corrected chi connectivity index (χ4v) is 2.81. The van der Waals surface area contributed by atoms with Crippen molar-refractivity contribution < 1.29 is 19.0 Å². The number of fused-ring (bicyclic) bond motifs is 1. The van der Waals surface area contributed by atoms with Crippen molar-refractivity contribution in [3.8, 4) is 28.5 Å². The van der Waals surface area contributed by atoms with Gasteiger partial charge in [0.25, 0.3) is 0 Å². The quantitative estimate of drug-likeness (QED) is 0.730. The number of carbonyl (C=O) groups excluding carboxylic acids is 1. The second kappa shape index (κ2) is 6.04. The maximum absolute atomic E-state index is 11.3. The fourth-order valence-electron chi connectivity index (χ4n) is 2.81. The van der Waals surface area contributed by atoms with E-state index in [9.17, 15) is 4.79 Å². The van der Waals surface area contributed by atoms with Crippen molar-refractivity contribution in [2.45, 2.75) is 0 Å². The number of aldehydes is 1. The molecular formula is C18H17NO4. The molecule has 5 heteroatoms. The molecule has 0 aliphatic heterocycles. The van der Waals surface area contributed by atoms with Gasteiger partial charge in [0, 0.05) is 16.3 Å². The number of ether oxygens (including phenoxy) is 3. The average Bonchev–Trinajstić information content (AvgIpc) is 2.98. The first-order chi connectivity index (χ1) is 11.2. The molecule has 0 spiro atoms. The van der Waals surface area contributed by atoms with Gasteiger partial charge >= 0.3 is 0 Å². The number of aromatic amines is 1. The highest BCUT2D eigenvalue weighted by atomic mass is 16.5. The number of nitrogens with one attached hydrogen (secondary N) is 1. The Balaban J connectivity index is 2.33. The molecule has 0 aliphatic rings. The maximum atomic E-state index is 11.3. The van der Waals surface area contributed by atoms with Crippen LogP contribution in [0.4, 0.5) is 0 Å². The first-order valence-corrected chi connectivity index (χ1v) is 7.10. The molecule has 1 aromatic heterocycles. The van der Waals surface area contributed by atoms with Crippen molar-refractivity contribution in [3.05, 3.63) is 42.1 Å². The van der Waals surface area contributed by atoms with Gasteiger partial charge in [-0.1, -0.05) is 24.3 Å². The van der Waals surface area contributed by atoms with Gasteiger partial charge in [0.15, 0.2) is 17.8 Å². The third-order valence-corrected chi connectivity index (χ3v) is 3.84. The minimum atomic E-state index is 0.513. The molecule has 0 unspecified atom stereocenters. The minimum absolute atomic E-state index is 0.513. The van der Waals surface area contributed by atoms with Gasteiger partial charge in [-0.05, 0) is 12.1 Å². The molecule has 118 valence electrons. The zero-order chi connectivity index (χ0) is 16.4. The van der Waals surface area contributed by atoms with E-state index in [1.165, 1.54) is 0 Å². The number of hydrogen-bond donors (Lipinski definition) is 1. The molecule has 23 heavy (non-hydrogen) atoms. The summed E-state index contributed by atoms with van der Waals surface area (Å²) in [6.07, 6.45) is 0.819. The molecule has 0 atom stereocenters. The van der Waals surface area contributed by atoms with Crippen molar-refractivity contribution in [2.75, 3.05) is 21.3 Å². The normalized spacial score (nSPS) is 10.6. The highest BCUT2D eigenvalue weighted by Crippen LogP contribution is 2.45. The van der Waals surface area contributed by atoms with Gasteiger partial charge < -0.3 is 19.2 Å². The van der Waals surface area contributed by atoms with Crippen molar-refractivity contribution >= 4 is 17.1 Å². The van der Waals surface area contributed by atoms with E-state index in [0.717, 1.165) is 28.3 Å². The second-order valence-corrected chi connectivity index (χ2v) is 4.96. The highest BCUT2D eigenvalue weighted by molar-refractivity contribution is 6.05. The standard InChI is InChI=1S/C18H17NO4/c1-21-15-9-8-13(17(22-2)18(15)23-3)16-12-7-5-4-6-11(12)14(10-20)19-16/h4-10,19H,1-3H3. The Labute approximate surface area is 133 Å². The summed E-state index contributed by atoms with van der Waals surface area (Å²) >= 11 is 0. The molecule has 0 aliphatic carbocycles. The van der Waals surface area contributed by atoms with E-state index in [1.807, 2.05) is 36.4 Å². The van der Waals surface area contributed by atoms with Crippen LogP contribution in [-0.4, -0.2) is 32.6 Å². The number of aromatic nitrogens is 1. The van der Waals surface area contributed by atoms with Crippen LogP contribution < -0.4 is 14.2 Å². The Morgan fingerprint density at radius 2 is 1.57 bits per heavy atom. The monoisotopic (exact) mass is 311 g/mol. The predicted octanol–water partition coefficient (Wildman–Crippen LogP) is 3.67. The van der Waals surface area contributed by atoms with E-state index >= 15 is 0 Å². The first kappa shape index (κ1) is 15.0. The van der Waals surface area contributed by atoms with E-state index in [1.54, 1.807) is 21.3 Å². The highest BCUT2D eigenvalue weighted by Gasteiger charge is 2.20. The van der Waals surface area contributed by atoms with Crippen LogP contribution in [0.15, 0.2) is 36.4 Å². The lowest BCUT2D eigenvalue weighted by Gasteiger charge is -2.15. The Bertz CT molecular complexity index is 867. The van der Waals surface area contributed by atoms with Gasteiger partial charge in [-0.2, -0.15) is 0 Å². The van der Waals surface area contributed by atoms with E-state index in [-0.39, 0.29) is 0 Å². The van der Waals surface area contributed by atoms with Crippen LogP contribution in [0.1, 0.15) is 10.5 Å². The molecule has 3 aromatic rings. The van der Waals surface area contributed by atoms with Gasteiger partial charge in [0.05, 0.1) is 32.7 Å². The summed E-state index contributed by atoms with van der Waals surface area (Å²) in [5.41, 5.74) is 2.14. The van der Waals surface area contributed by atoms with Crippen LogP contribution in [0.2, 0.25) is 0 Å². The van der Waals surface area contributed by atoms with Gasteiger partial charge in [0.2, 0.25) is 5.75 Å². The lowest BCUT2D eigenvalue weighted by atomic mass is 10.0. The summed E-state index contributed by atoms with van der Waals surface area (Å²) in [6, 6.07) is 11.4. The lowest BCUT2D eigenvalue weighted by molar-refractivity contribution is 0.112. The molecule has 0 saturated heterocycles. The maximum Gasteiger partial charge on any atom is 0.203 e. The Morgan fingerprint density at radius 1 is 0.870 bits per heavy atom. The largest absolute Gasteiger partial charge is 0.493 e. The molecule has 1 N–H and O–H groups in total. The van der Waals surface area contributed by atoms with Gasteiger partial charge in [0.1, 0.15) is 0 Å². The number of hydrogen-bond acceptors (Lipinski definition) is 4. The van der Waals surface area contributed by atoms with Crippen LogP contribution in [0, 0.1) is 0 Å². The summed E-state index contributed by atoms with van der Waals surface area (Å²) in [5, 5.41) is 1.81. The van der Waals surface area contributed by atoms with Crippen molar-refractivity contribution in [2.24, 2.45) is 0 Å². The van der Waals surface area contributed by atoms with E-state index in [4.69, 9.17) is 14.2 Å². The summed E-state index contributed by atoms with van der Waals surface area (Å²) in [6.45, 7) is 0. The van der Waals surface area contributed by atoms with Crippen molar-refractivity contribution in [1.29, 1.82) is 0 Å². The molecule has 3 rings (SSSR count). The molecular weight excluding hydrogens is 294 g/mol. The van der Waals surface area contributed by atoms with Crippen LogP contribution in [0.25, 0.3) is 22.0 Å². The van der Waals surface area contributed by atoms with E-state index < -0.39 is 0 Å². The van der Waals surface area contributed by atoms with Gasteiger partial charge in [-0.25, -0.2) is 0 Å². The Hall–Kier alpha value is -2.95. The average molecular weight is 311 g/mol. The molecule has 0 fully saturated rings. The summed E-state index contributed by atoms with van der Waals surface area (Å²) in [5.74, 6) is 1.65. The van der Waals surface area contributed by atoms with Crippen molar-refractivity contribution in [1.82, 2.24) is 4.98 Å². The topological polar surface area (TPSA) is 60.6 Å². The first-order valence-electron chi connectivity index (χ1n) is 7.10. The molecule has 0 amide bonds. The Morgan fingerprint density at radius 3 is 2.17 bits per heavy atom. The third-order valence-electron chi connectivity index (χ3n) is 3.84. The van der Waals surface area contributed by atoms with Crippen molar-refractivity contribution in [3.63, 3.8) is 0 Å². The minimum Gasteiger partial charge on any atom is -0.493 e. The molecule has 5 nitrogen and oxygen atoms in total. The number of rotatable bonds is 5. The fraction of sp³-hybridized carbons (Fsp3) is 0.167. The zero-order valence-corrected chi connectivity index (χ0v) is 13.2. The molecule has 0 radical (unpaired) electrons. The lowest BCUT2D eigenvalue weighted by Crippen LogP contribution is -1.97. The molecule has 0 bridgehead atoms. The van der Waals surface area contributed by atoms with Crippen LogP contribution >= 0.6 is 0 Å². The second-order valence-electron chi connectivity index (χ2n) is 4.96. The summed E-state index contributed by atoms with van der Waals surface area (Å²) < 4.78 is 16.3. The van der Waals surface area contributed by atoms with Gasteiger partial charge in [-0.3, -0.25) is 4.79 Å². The van der Waals surface area contributed by atoms with Crippen LogP contribution in [-0.2, 0) is 0 Å².